The van der Waals surface area contributed by atoms with Crippen LogP contribution in [0.5, 0.6) is 0 Å². The maximum absolute atomic E-state index is 15.9. The molecule has 0 aliphatic carbocycles. The highest BCUT2D eigenvalue weighted by molar-refractivity contribution is 6.01. The van der Waals surface area contributed by atoms with Crippen LogP contribution in [0.15, 0.2) is 10.6 Å². The molecule has 3 aliphatic heterocycles. The van der Waals surface area contributed by atoms with E-state index in [9.17, 15) is 4.79 Å². The van der Waals surface area contributed by atoms with E-state index in [1.54, 1.807) is 13.0 Å². The number of ether oxygens (including phenoxy) is 4. The minimum absolute atomic E-state index is 0.0157. The molecule has 0 radical (unpaired) electrons. The smallest absolute Gasteiger partial charge is 0.416 e. The van der Waals surface area contributed by atoms with Crippen molar-refractivity contribution < 1.29 is 32.7 Å². The Kier molecular flexibility index (Phi) is 5.03. The lowest BCUT2D eigenvalue weighted by molar-refractivity contribution is -0.0445. The summed E-state index contributed by atoms with van der Waals surface area (Å²) in [6, 6.07) is 1.48. The first-order chi connectivity index (χ1) is 14.8. The highest BCUT2D eigenvalue weighted by Gasteiger charge is 2.41. The summed E-state index contributed by atoms with van der Waals surface area (Å²) in [5.74, 6) is -0.329. The average molecular weight is 435 g/mol. The van der Waals surface area contributed by atoms with Gasteiger partial charge in [-0.3, -0.25) is 4.90 Å². The van der Waals surface area contributed by atoms with E-state index in [1.807, 2.05) is 25.7 Å². The van der Waals surface area contributed by atoms with E-state index in [-0.39, 0.29) is 35.8 Å². The molecule has 0 saturated carbocycles. The molecule has 31 heavy (non-hydrogen) atoms. The summed E-state index contributed by atoms with van der Waals surface area (Å²) in [7, 11) is 0. The number of anilines is 2. The molecule has 1 aromatic carbocycles. The Labute approximate surface area is 178 Å². The van der Waals surface area contributed by atoms with Crippen molar-refractivity contribution in [2.45, 2.75) is 58.3 Å². The normalized spacial score (nSPS) is 29.9. The van der Waals surface area contributed by atoms with Crippen LogP contribution in [0.1, 0.15) is 39.5 Å². The lowest BCUT2D eigenvalue weighted by Crippen LogP contribution is -2.46. The van der Waals surface area contributed by atoms with E-state index in [1.165, 1.54) is 4.90 Å². The fourth-order valence-corrected chi connectivity index (χ4v) is 4.58. The third kappa shape index (κ3) is 3.33. The summed E-state index contributed by atoms with van der Waals surface area (Å²) in [6.45, 7) is 9.43. The second-order valence-electron chi connectivity index (χ2n) is 8.45. The summed E-state index contributed by atoms with van der Waals surface area (Å²) in [5, 5.41) is 4.42. The molecule has 3 fully saturated rings. The van der Waals surface area contributed by atoms with E-state index < -0.39 is 18.2 Å². The number of hydrogen-bond acceptors (Lipinski definition) is 8. The topological polar surface area (TPSA) is 86.5 Å². The molecule has 0 N–H and O–H groups in total. The quantitative estimate of drug-likeness (QED) is 0.726. The van der Waals surface area contributed by atoms with Crippen LogP contribution < -0.4 is 9.80 Å². The van der Waals surface area contributed by atoms with Crippen molar-refractivity contribution >= 4 is 28.6 Å². The molecule has 1 amide bonds. The number of rotatable bonds is 3. The van der Waals surface area contributed by atoms with Gasteiger partial charge < -0.3 is 28.4 Å². The van der Waals surface area contributed by atoms with E-state index in [2.05, 4.69) is 5.16 Å². The number of halogens is 1. The van der Waals surface area contributed by atoms with Gasteiger partial charge in [0, 0.05) is 18.7 Å². The highest BCUT2D eigenvalue weighted by Crippen LogP contribution is 2.42. The van der Waals surface area contributed by atoms with Crippen molar-refractivity contribution in [3.63, 3.8) is 0 Å². The minimum Gasteiger partial charge on any atom is -0.444 e. The van der Waals surface area contributed by atoms with Gasteiger partial charge in [0.1, 0.15) is 6.10 Å². The summed E-state index contributed by atoms with van der Waals surface area (Å²) >= 11 is 0. The van der Waals surface area contributed by atoms with Crippen molar-refractivity contribution in [1.82, 2.24) is 5.16 Å². The summed E-state index contributed by atoms with van der Waals surface area (Å²) < 4.78 is 43.9. The number of amides is 1. The van der Waals surface area contributed by atoms with Gasteiger partial charge in [0.15, 0.2) is 17.9 Å². The van der Waals surface area contributed by atoms with Gasteiger partial charge in [-0.15, -0.1) is 0 Å². The van der Waals surface area contributed by atoms with Crippen molar-refractivity contribution in [3.05, 3.63) is 17.4 Å². The molecule has 2 aromatic rings. The van der Waals surface area contributed by atoms with Gasteiger partial charge in [-0.1, -0.05) is 5.16 Å². The van der Waals surface area contributed by atoms with Crippen LogP contribution in [-0.2, 0) is 18.9 Å². The molecular formula is C21H26FN3O6. The lowest BCUT2D eigenvalue weighted by atomic mass is 10.0. The molecule has 3 aliphatic rings. The second-order valence-corrected chi connectivity index (χ2v) is 8.45. The van der Waals surface area contributed by atoms with Crippen molar-refractivity contribution in [2.24, 2.45) is 0 Å². The first-order valence-electron chi connectivity index (χ1n) is 10.6. The molecule has 0 bridgehead atoms. The van der Waals surface area contributed by atoms with Gasteiger partial charge in [0.25, 0.3) is 0 Å². The number of fused-ring (bicyclic) bond motifs is 1. The SMILES string of the molecule is C[C@@H]1CN(c2c(C3OCCO3)cc3c(N4C(=O)O[C@@H](C)[C@H]4C)noc3c2F)C[C@@H](C)O1. The maximum Gasteiger partial charge on any atom is 0.416 e. The fraction of sp³-hybridized carbons (Fsp3) is 0.619. The number of carbonyl (C=O) groups is 1. The molecule has 1 aromatic heterocycles. The summed E-state index contributed by atoms with van der Waals surface area (Å²) in [5.41, 5.74) is 0.883. The maximum atomic E-state index is 15.9. The van der Waals surface area contributed by atoms with Gasteiger partial charge >= 0.3 is 6.09 Å². The van der Waals surface area contributed by atoms with E-state index in [0.29, 0.717) is 42.9 Å². The van der Waals surface area contributed by atoms with Crippen molar-refractivity contribution in [2.75, 3.05) is 36.1 Å². The van der Waals surface area contributed by atoms with Crippen molar-refractivity contribution in [3.8, 4) is 0 Å². The standard InChI is InChI=1S/C21H26FN3O6/c1-10-8-24(9-11(2)29-10)17-14(20-27-5-6-28-20)7-15-18(16(17)22)31-23-19(15)25-12(3)13(4)30-21(25)26/h7,10-13,20H,5-6,8-9H2,1-4H3/t10-,11-,12-,13+/m1/s1. The predicted octanol–water partition coefficient (Wildman–Crippen LogP) is 3.36. The average Bonchev–Trinajstić information content (AvgIpc) is 3.42. The van der Waals surface area contributed by atoms with Gasteiger partial charge in [0.2, 0.25) is 5.58 Å². The molecule has 4 heterocycles. The van der Waals surface area contributed by atoms with Gasteiger partial charge in [0.05, 0.1) is 42.5 Å². The minimum atomic E-state index is -0.716. The first kappa shape index (κ1) is 20.5. The number of cyclic esters (lactones) is 1. The molecule has 5 rings (SSSR count). The third-order valence-corrected chi connectivity index (χ3v) is 6.10. The molecule has 4 atom stereocenters. The Hall–Kier alpha value is -2.43. The van der Waals surface area contributed by atoms with Gasteiger partial charge in [-0.05, 0) is 33.8 Å². The Balaban J connectivity index is 1.66. The molecule has 10 heteroatoms. The van der Waals surface area contributed by atoms with Crippen molar-refractivity contribution in [1.29, 1.82) is 0 Å². The zero-order valence-electron chi connectivity index (χ0n) is 18.0. The van der Waals surface area contributed by atoms with Crippen LogP contribution in [0.4, 0.5) is 20.7 Å². The Bertz CT molecular complexity index is 997. The lowest BCUT2D eigenvalue weighted by Gasteiger charge is -2.38. The Morgan fingerprint density at radius 2 is 1.77 bits per heavy atom. The zero-order valence-corrected chi connectivity index (χ0v) is 18.0. The predicted molar refractivity (Wildman–Crippen MR) is 109 cm³/mol. The van der Waals surface area contributed by atoms with Crippen LogP contribution in [0.2, 0.25) is 0 Å². The molecule has 9 nitrogen and oxygen atoms in total. The molecule has 0 unspecified atom stereocenters. The number of carbonyl (C=O) groups excluding carboxylic acids is 1. The van der Waals surface area contributed by atoms with Gasteiger partial charge in [-0.2, -0.15) is 0 Å². The molecule has 0 spiro atoms. The molecule has 168 valence electrons. The summed E-state index contributed by atoms with van der Waals surface area (Å²) in [4.78, 5) is 15.7. The number of nitrogens with zero attached hydrogens (tertiary/aromatic N) is 3. The Morgan fingerprint density at radius 3 is 2.39 bits per heavy atom. The third-order valence-electron chi connectivity index (χ3n) is 6.10. The van der Waals surface area contributed by atoms with Crippen LogP contribution >= 0.6 is 0 Å². The number of benzene rings is 1. The number of morpholine rings is 1. The number of aromatic nitrogens is 1. The van der Waals surface area contributed by atoms with E-state index in [0.717, 1.165) is 0 Å². The first-order valence-corrected chi connectivity index (χ1v) is 10.6. The summed E-state index contributed by atoms with van der Waals surface area (Å²) in [6.07, 6.45) is -1.70. The molecule has 3 saturated heterocycles. The van der Waals surface area contributed by atoms with Crippen LogP contribution in [0.3, 0.4) is 0 Å². The van der Waals surface area contributed by atoms with Crippen LogP contribution in [0, 0.1) is 5.82 Å². The Morgan fingerprint density at radius 1 is 1.10 bits per heavy atom. The molecular weight excluding hydrogens is 409 g/mol. The van der Waals surface area contributed by atoms with E-state index in [4.69, 9.17) is 23.5 Å². The zero-order chi connectivity index (χ0) is 21.9. The fourth-order valence-electron chi connectivity index (χ4n) is 4.58. The second kappa shape index (κ2) is 7.61. The largest absolute Gasteiger partial charge is 0.444 e. The number of hydrogen-bond donors (Lipinski definition) is 0. The van der Waals surface area contributed by atoms with Gasteiger partial charge in [-0.25, -0.2) is 9.18 Å². The van der Waals surface area contributed by atoms with Crippen LogP contribution in [-0.4, -0.2) is 61.9 Å². The van der Waals surface area contributed by atoms with Crippen LogP contribution in [0.25, 0.3) is 11.0 Å². The van der Waals surface area contributed by atoms with E-state index >= 15 is 4.39 Å². The monoisotopic (exact) mass is 435 g/mol. The highest BCUT2D eigenvalue weighted by atomic mass is 19.1.